The van der Waals surface area contributed by atoms with Gasteiger partial charge < -0.3 is 15.2 Å². The number of hydrogen-bond donors (Lipinski definition) is 2. The van der Waals surface area contributed by atoms with Gasteiger partial charge in [0.2, 0.25) is 5.91 Å². The third-order valence-electron chi connectivity index (χ3n) is 4.06. The molecule has 1 aliphatic heterocycles. The van der Waals surface area contributed by atoms with E-state index < -0.39 is 5.60 Å². The van der Waals surface area contributed by atoms with Crippen molar-refractivity contribution in [1.29, 1.82) is 0 Å². The van der Waals surface area contributed by atoms with E-state index in [1.807, 2.05) is 6.92 Å². The minimum Gasteiger partial charge on any atom is -0.385 e. The van der Waals surface area contributed by atoms with E-state index >= 15 is 0 Å². The number of carbonyl (C=O) groups excluding carboxylic acids is 1. The summed E-state index contributed by atoms with van der Waals surface area (Å²) < 4.78 is 5.32. The van der Waals surface area contributed by atoms with Crippen LogP contribution in [-0.4, -0.2) is 35.9 Å². The normalized spacial score (nSPS) is 40.8. The summed E-state index contributed by atoms with van der Waals surface area (Å²) in [6.45, 7) is 6.91. The predicted octanol–water partition coefficient (Wildman–Crippen LogP) is 0.689. The summed E-state index contributed by atoms with van der Waals surface area (Å²) in [7, 11) is 0. The third-order valence-corrected chi connectivity index (χ3v) is 4.06. The van der Waals surface area contributed by atoms with Gasteiger partial charge in [-0.2, -0.15) is 0 Å². The first-order valence-electron chi connectivity index (χ1n) is 5.97. The molecule has 0 aromatic heterocycles. The topological polar surface area (TPSA) is 58.6 Å². The molecule has 4 heteroatoms. The van der Waals surface area contributed by atoms with Gasteiger partial charge in [0.25, 0.3) is 0 Å². The quantitative estimate of drug-likeness (QED) is 0.745. The van der Waals surface area contributed by atoms with E-state index in [2.05, 4.69) is 19.2 Å². The van der Waals surface area contributed by atoms with Crippen LogP contribution in [0.2, 0.25) is 0 Å². The number of amides is 1. The molecule has 1 saturated heterocycles. The Hall–Kier alpha value is -0.610. The maximum atomic E-state index is 11.8. The molecule has 0 aromatic carbocycles. The van der Waals surface area contributed by atoms with Gasteiger partial charge in [0.05, 0.1) is 6.10 Å². The van der Waals surface area contributed by atoms with Crippen molar-refractivity contribution in [1.82, 2.24) is 5.32 Å². The van der Waals surface area contributed by atoms with Crippen molar-refractivity contribution in [2.24, 2.45) is 11.3 Å². The fourth-order valence-corrected chi connectivity index (χ4v) is 2.28. The van der Waals surface area contributed by atoms with Crippen LogP contribution >= 0.6 is 0 Å². The second-order valence-electron chi connectivity index (χ2n) is 5.83. The first-order chi connectivity index (χ1) is 7.35. The summed E-state index contributed by atoms with van der Waals surface area (Å²) in [5.41, 5.74) is -0.737. The third kappa shape index (κ3) is 2.09. The largest absolute Gasteiger partial charge is 0.385 e. The van der Waals surface area contributed by atoms with Crippen LogP contribution in [0.25, 0.3) is 0 Å². The Balaban J connectivity index is 1.82. The van der Waals surface area contributed by atoms with Gasteiger partial charge in [-0.3, -0.25) is 4.79 Å². The SMILES string of the molecule is CC1OCCC1(O)CNC(=O)C1CC1(C)C. The number of nitrogens with one attached hydrogen (secondary N) is 1. The molecule has 2 rings (SSSR count). The maximum Gasteiger partial charge on any atom is 0.223 e. The Morgan fingerprint density at radius 2 is 2.19 bits per heavy atom. The molecular weight excluding hydrogens is 206 g/mol. The molecule has 0 radical (unpaired) electrons. The highest BCUT2D eigenvalue weighted by Crippen LogP contribution is 2.51. The predicted molar refractivity (Wildman–Crippen MR) is 59.9 cm³/mol. The highest BCUT2D eigenvalue weighted by Gasteiger charge is 2.51. The van der Waals surface area contributed by atoms with E-state index in [0.29, 0.717) is 19.6 Å². The Morgan fingerprint density at radius 3 is 2.62 bits per heavy atom. The van der Waals surface area contributed by atoms with Crippen molar-refractivity contribution in [3.63, 3.8) is 0 Å². The van der Waals surface area contributed by atoms with Gasteiger partial charge in [-0.1, -0.05) is 13.8 Å². The molecule has 4 nitrogen and oxygen atoms in total. The smallest absolute Gasteiger partial charge is 0.223 e. The van der Waals surface area contributed by atoms with Gasteiger partial charge in [0, 0.05) is 25.5 Å². The Morgan fingerprint density at radius 1 is 1.56 bits per heavy atom. The number of hydrogen-bond acceptors (Lipinski definition) is 3. The zero-order valence-corrected chi connectivity index (χ0v) is 10.2. The fourth-order valence-electron chi connectivity index (χ4n) is 2.28. The van der Waals surface area contributed by atoms with Crippen LogP contribution < -0.4 is 5.32 Å². The molecule has 3 atom stereocenters. The average molecular weight is 227 g/mol. The Bertz CT molecular complexity index is 303. The molecule has 3 unspecified atom stereocenters. The van der Waals surface area contributed by atoms with Gasteiger partial charge in [-0.15, -0.1) is 0 Å². The molecule has 0 spiro atoms. The maximum absolute atomic E-state index is 11.8. The lowest BCUT2D eigenvalue weighted by Crippen LogP contribution is -2.48. The van der Waals surface area contributed by atoms with E-state index in [0.717, 1.165) is 6.42 Å². The van der Waals surface area contributed by atoms with Crippen LogP contribution in [0.4, 0.5) is 0 Å². The van der Waals surface area contributed by atoms with Crippen molar-refractivity contribution in [2.45, 2.75) is 45.3 Å². The van der Waals surface area contributed by atoms with Crippen molar-refractivity contribution >= 4 is 5.91 Å². The minimum atomic E-state index is -0.880. The lowest BCUT2D eigenvalue weighted by Gasteiger charge is -2.26. The summed E-state index contributed by atoms with van der Waals surface area (Å²) in [5, 5.41) is 13.0. The Labute approximate surface area is 96.4 Å². The average Bonchev–Trinajstić information content (AvgIpc) is 2.71. The Kier molecular flexibility index (Phi) is 2.75. The molecule has 1 aliphatic carbocycles. The number of ether oxygens (including phenoxy) is 1. The zero-order valence-electron chi connectivity index (χ0n) is 10.2. The zero-order chi connectivity index (χ0) is 12.0. The van der Waals surface area contributed by atoms with E-state index in [4.69, 9.17) is 4.74 Å². The molecule has 0 aromatic rings. The highest BCUT2D eigenvalue weighted by molar-refractivity contribution is 5.82. The minimum absolute atomic E-state index is 0.0672. The van der Waals surface area contributed by atoms with Crippen LogP contribution in [0.5, 0.6) is 0 Å². The van der Waals surface area contributed by atoms with Gasteiger partial charge in [-0.25, -0.2) is 0 Å². The van der Waals surface area contributed by atoms with E-state index in [-0.39, 0.29) is 23.3 Å². The number of rotatable bonds is 3. The summed E-state index contributed by atoms with van der Waals surface area (Å²) in [6.07, 6.45) is 1.35. The first-order valence-corrected chi connectivity index (χ1v) is 5.97. The van der Waals surface area contributed by atoms with Crippen LogP contribution in [0.1, 0.15) is 33.6 Å². The fraction of sp³-hybridized carbons (Fsp3) is 0.917. The monoisotopic (exact) mass is 227 g/mol. The second-order valence-corrected chi connectivity index (χ2v) is 5.83. The van der Waals surface area contributed by atoms with Crippen molar-refractivity contribution < 1.29 is 14.6 Å². The lowest BCUT2D eigenvalue weighted by molar-refractivity contribution is -0.124. The van der Waals surface area contributed by atoms with E-state index in [1.54, 1.807) is 0 Å². The summed E-state index contributed by atoms with van der Waals surface area (Å²) >= 11 is 0. The van der Waals surface area contributed by atoms with Crippen LogP contribution in [-0.2, 0) is 9.53 Å². The molecule has 2 aliphatic rings. The van der Waals surface area contributed by atoms with Gasteiger partial charge in [0.1, 0.15) is 5.60 Å². The molecular formula is C12H21NO3. The van der Waals surface area contributed by atoms with Crippen LogP contribution in [0.15, 0.2) is 0 Å². The highest BCUT2D eigenvalue weighted by atomic mass is 16.5. The standard InChI is InChI=1S/C12H21NO3/c1-8-12(15,4-5-16-8)7-13-10(14)9-6-11(9,2)3/h8-9,15H,4-7H2,1-3H3,(H,13,14). The molecule has 2 fully saturated rings. The van der Waals surface area contributed by atoms with Crippen molar-refractivity contribution in [3.05, 3.63) is 0 Å². The number of carbonyl (C=O) groups is 1. The molecule has 92 valence electrons. The van der Waals surface area contributed by atoms with Crippen LogP contribution in [0, 0.1) is 11.3 Å². The molecule has 1 amide bonds. The summed E-state index contributed by atoms with van der Waals surface area (Å²) in [6, 6.07) is 0. The number of aliphatic hydroxyl groups is 1. The summed E-state index contributed by atoms with van der Waals surface area (Å²) in [5.74, 6) is 0.186. The van der Waals surface area contributed by atoms with Crippen LogP contribution in [0.3, 0.4) is 0 Å². The van der Waals surface area contributed by atoms with Gasteiger partial charge >= 0.3 is 0 Å². The van der Waals surface area contributed by atoms with Gasteiger partial charge in [-0.05, 0) is 18.8 Å². The van der Waals surface area contributed by atoms with E-state index in [1.165, 1.54) is 0 Å². The molecule has 1 heterocycles. The molecule has 2 N–H and O–H groups in total. The van der Waals surface area contributed by atoms with E-state index in [9.17, 15) is 9.90 Å². The summed E-state index contributed by atoms with van der Waals surface area (Å²) in [4.78, 5) is 11.8. The molecule has 1 saturated carbocycles. The van der Waals surface area contributed by atoms with Gasteiger partial charge in [0.15, 0.2) is 0 Å². The molecule has 16 heavy (non-hydrogen) atoms. The molecule has 0 bridgehead atoms. The van der Waals surface area contributed by atoms with Crippen molar-refractivity contribution in [3.8, 4) is 0 Å². The van der Waals surface area contributed by atoms with Crippen molar-refractivity contribution in [2.75, 3.05) is 13.2 Å². The first kappa shape index (κ1) is 11.9. The lowest BCUT2D eigenvalue weighted by atomic mass is 9.96. The second kappa shape index (κ2) is 3.70.